The van der Waals surface area contributed by atoms with Crippen LogP contribution in [0.5, 0.6) is 0 Å². The Morgan fingerprint density at radius 2 is 1.87 bits per heavy atom. The number of rotatable bonds is 7. The molecule has 0 fully saturated rings. The summed E-state index contributed by atoms with van der Waals surface area (Å²) in [6, 6.07) is 9.39. The SMILES string of the molecule is CCC(CC)(CNC(=O)c1cncn1-c1ccccc1)C(=O)O. The number of amides is 1. The zero-order valence-electron chi connectivity index (χ0n) is 13.3. The van der Waals surface area contributed by atoms with Gasteiger partial charge in [-0.2, -0.15) is 0 Å². The van der Waals surface area contributed by atoms with E-state index in [1.165, 1.54) is 6.20 Å². The van der Waals surface area contributed by atoms with Crippen LogP contribution in [0.1, 0.15) is 37.2 Å². The zero-order valence-corrected chi connectivity index (χ0v) is 13.3. The number of para-hydroxylation sites is 1. The van der Waals surface area contributed by atoms with Gasteiger partial charge in [-0.25, -0.2) is 4.98 Å². The first kappa shape index (κ1) is 16.7. The molecule has 1 aromatic carbocycles. The summed E-state index contributed by atoms with van der Waals surface area (Å²) in [5.41, 5.74) is 0.265. The van der Waals surface area contributed by atoms with Crippen LogP contribution in [0.15, 0.2) is 42.9 Å². The van der Waals surface area contributed by atoms with Gasteiger partial charge in [-0.15, -0.1) is 0 Å². The van der Waals surface area contributed by atoms with Gasteiger partial charge >= 0.3 is 5.97 Å². The summed E-state index contributed by atoms with van der Waals surface area (Å²) >= 11 is 0. The minimum Gasteiger partial charge on any atom is -0.481 e. The van der Waals surface area contributed by atoms with E-state index in [-0.39, 0.29) is 12.5 Å². The van der Waals surface area contributed by atoms with Gasteiger partial charge in [0.25, 0.3) is 5.91 Å². The fraction of sp³-hybridized carbons (Fsp3) is 0.353. The Morgan fingerprint density at radius 3 is 2.43 bits per heavy atom. The highest BCUT2D eigenvalue weighted by molar-refractivity contribution is 5.93. The first-order valence-electron chi connectivity index (χ1n) is 7.63. The third kappa shape index (κ3) is 3.41. The van der Waals surface area contributed by atoms with Gasteiger partial charge < -0.3 is 10.4 Å². The van der Waals surface area contributed by atoms with E-state index in [1.807, 2.05) is 44.2 Å². The highest BCUT2D eigenvalue weighted by atomic mass is 16.4. The molecule has 0 radical (unpaired) electrons. The molecule has 0 unspecified atom stereocenters. The molecule has 0 spiro atoms. The van der Waals surface area contributed by atoms with Crippen molar-refractivity contribution < 1.29 is 14.7 Å². The van der Waals surface area contributed by atoms with Gasteiger partial charge in [-0.1, -0.05) is 32.0 Å². The Morgan fingerprint density at radius 1 is 1.22 bits per heavy atom. The third-order valence-electron chi connectivity index (χ3n) is 4.30. The Bertz CT molecular complexity index is 675. The van der Waals surface area contributed by atoms with Crippen LogP contribution in [0.2, 0.25) is 0 Å². The van der Waals surface area contributed by atoms with Gasteiger partial charge in [-0.05, 0) is 25.0 Å². The minimum atomic E-state index is -0.937. The molecule has 0 aliphatic heterocycles. The highest BCUT2D eigenvalue weighted by Crippen LogP contribution is 2.25. The second-order valence-electron chi connectivity index (χ2n) is 5.46. The molecule has 122 valence electrons. The van der Waals surface area contributed by atoms with Crippen LogP contribution in [0.4, 0.5) is 0 Å². The summed E-state index contributed by atoms with van der Waals surface area (Å²) in [5.74, 6) is -1.22. The molecule has 0 saturated heterocycles. The molecule has 0 aliphatic rings. The number of aliphatic carboxylic acids is 1. The second kappa shape index (κ2) is 7.09. The maximum Gasteiger partial charge on any atom is 0.311 e. The maximum absolute atomic E-state index is 12.4. The molecule has 1 aromatic heterocycles. The quantitative estimate of drug-likeness (QED) is 0.822. The lowest BCUT2D eigenvalue weighted by atomic mass is 9.82. The van der Waals surface area contributed by atoms with Crippen LogP contribution in [0.3, 0.4) is 0 Å². The van der Waals surface area contributed by atoms with Crippen molar-refractivity contribution in [2.24, 2.45) is 5.41 Å². The Hall–Kier alpha value is -2.63. The molecule has 1 amide bonds. The number of carbonyl (C=O) groups excluding carboxylic acids is 1. The number of benzene rings is 1. The Kier molecular flexibility index (Phi) is 5.16. The van der Waals surface area contributed by atoms with Crippen molar-refractivity contribution in [2.75, 3.05) is 6.54 Å². The molecule has 0 aliphatic carbocycles. The zero-order chi connectivity index (χ0) is 16.9. The summed E-state index contributed by atoms with van der Waals surface area (Å²) < 4.78 is 1.68. The van der Waals surface area contributed by atoms with Crippen molar-refractivity contribution in [3.8, 4) is 5.69 Å². The summed E-state index contributed by atoms with van der Waals surface area (Å²) in [5, 5.41) is 12.2. The second-order valence-corrected chi connectivity index (χ2v) is 5.46. The van der Waals surface area contributed by atoms with Crippen molar-refractivity contribution in [3.63, 3.8) is 0 Å². The summed E-state index contributed by atoms with van der Waals surface area (Å²) in [6.45, 7) is 3.73. The van der Waals surface area contributed by atoms with Crippen LogP contribution in [0.25, 0.3) is 5.69 Å². The molecule has 0 bridgehead atoms. The van der Waals surface area contributed by atoms with E-state index in [2.05, 4.69) is 10.3 Å². The van der Waals surface area contributed by atoms with E-state index < -0.39 is 11.4 Å². The maximum atomic E-state index is 12.4. The van der Waals surface area contributed by atoms with Crippen molar-refractivity contribution in [1.29, 1.82) is 0 Å². The molecule has 1 heterocycles. The van der Waals surface area contributed by atoms with Crippen LogP contribution < -0.4 is 5.32 Å². The highest BCUT2D eigenvalue weighted by Gasteiger charge is 2.35. The molecule has 23 heavy (non-hydrogen) atoms. The number of hydrogen-bond acceptors (Lipinski definition) is 3. The van der Waals surface area contributed by atoms with Gasteiger partial charge in [0.2, 0.25) is 0 Å². The topological polar surface area (TPSA) is 84.2 Å². The largest absolute Gasteiger partial charge is 0.481 e. The lowest BCUT2D eigenvalue weighted by Crippen LogP contribution is -2.42. The van der Waals surface area contributed by atoms with Crippen molar-refractivity contribution in [1.82, 2.24) is 14.9 Å². The Labute approximate surface area is 135 Å². The van der Waals surface area contributed by atoms with E-state index >= 15 is 0 Å². The van der Waals surface area contributed by atoms with Gasteiger partial charge in [0, 0.05) is 12.2 Å². The van der Waals surface area contributed by atoms with Gasteiger partial charge in [0.1, 0.15) is 5.69 Å². The lowest BCUT2D eigenvalue weighted by molar-refractivity contribution is -0.149. The third-order valence-corrected chi connectivity index (χ3v) is 4.30. The molecule has 0 atom stereocenters. The number of aromatic nitrogens is 2. The number of nitrogens with zero attached hydrogens (tertiary/aromatic N) is 2. The average molecular weight is 315 g/mol. The molecule has 2 aromatic rings. The average Bonchev–Trinajstić information content (AvgIpc) is 3.06. The summed E-state index contributed by atoms with van der Waals surface area (Å²) in [4.78, 5) is 28.0. The minimum absolute atomic E-state index is 0.0914. The predicted molar refractivity (Wildman–Crippen MR) is 86.5 cm³/mol. The van der Waals surface area contributed by atoms with Crippen LogP contribution in [-0.2, 0) is 4.79 Å². The molecular formula is C17H21N3O3. The molecule has 6 heteroatoms. The lowest BCUT2D eigenvalue weighted by Gasteiger charge is -2.26. The van der Waals surface area contributed by atoms with Crippen molar-refractivity contribution in [2.45, 2.75) is 26.7 Å². The van der Waals surface area contributed by atoms with Crippen LogP contribution in [0, 0.1) is 5.41 Å². The number of nitrogens with one attached hydrogen (secondary N) is 1. The molecular weight excluding hydrogens is 294 g/mol. The van der Waals surface area contributed by atoms with Crippen LogP contribution in [-0.4, -0.2) is 33.1 Å². The number of carboxylic acid groups (broad SMARTS) is 1. The number of hydrogen-bond donors (Lipinski definition) is 2. The van der Waals surface area contributed by atoms with E-state index in [0.717, 1.165) is 5.69 Å². The van der Waals surface area contributed by atoms with E-state index in [0.29, 0.717) is 18.5 Å². The smallest absolute Gasteiger partial charge is 0.311 e. The van der Waals surface area contributed by atoms with Gasteiger partial charge in [0.05, 0.1) is 17.9 Å². The van der Waals surface area contributed by atoms with E-state index in [1.54, 1.807) is 10.9 Å². The summed E-state index contributed by atoms with van der Waals surface area (Å²) in [7, 11) is 0. The molecule has 6 nitrogen and oxygen atoms in total. The fourth-order valence-corrected chi connectivity index (χ4v) is 2.48. The predicted octanol–water partition coefficient (Wildman–Crippen LogP) is 2.49. The molecule has 2 N–H and O–H groups in total. The van der Waals surface area contributed by atoms with Crippen molar-refractivity contribution in [3.05, 3.63) is 48.5 Å². The van der Waals surface area contributed by atoms with Crippen LogP contribution >= 0.6 is 0 Å². The fourth-order valence-electron chi connectivity index (χ4n) is 2.48. The van der Waals surface area contributed by atoms with Gasteiger partial charge in [-0.3, -0.25) is 14.2 Å². The number of carbonyl (C=O) groups is 2. The standard InChI is InChI=1S/C17H21N3O3/c1-3-17(4-2,16(22)23)11-19-15(21)14-10-18-12-20(14)13-8-6-5-7-9-13/h5-10,12H,3-4,11H2,1-2H3,(H,19,21)(H,22,23). The normalized spacial score (nSPS) is 11.2. The van der Waals surface area contributed by atoms with Gasteiger partial charge in [0.15, 0.2) is 0 Å². The Balaban J connectivity index is 2.17. The van der Waals surface area contributed by atoms with E-state index in [9.17, 15) is 14.7 Å². The number of imidazole rings is 1. The first-order chi connectivity index (χ1) is 11.0. The molecule has 0 saturated carbocycles. The van der Waals surface area contributed by atoms with Crippen molar-refractivity contribution >= 4 is 11.9 Å². The monoisotopic (exact) mass is 315 g/mol. The first-order valence-corrected chi connectivity index (χ1v) is 7.63. The summed E-state index contributed by atoms with van der Waals surface area (Å²) in [6.07, 6.45) is 3.95. The molecule has 2 rings (SSSR count). The van der Waals surface area contributed by atoms with E-state index in [4.69, 9.17) is 0 Å². The number of carboxylic acids is 1.